The number of hydrogen-bond acceptors (Lipinski definition) is 6. The van der Waals surface area contributed by atoms with Gasteiger partial charge in [-0.3, -0.25) is 4.79 Å². The van der Waals surface area contributed by atoms with E-state index in [9.17, 15) is 21.6 Å². The van der Waals surface area contributed by atoms with Crippen molar-refractivity contribution >= 4 is 31.6 Å². The summed E-state index contributed by atoms with van der Waals surface area (Å²) in [5, 5.41) is 2.61. The Morgan fingerprint density at radius 1 is 1.00 bits per heavy atom. The third-order valence-electron chi connectivity index (χ3n) is 5.30. The highest BCUT2D eigenvalue weighted by Gasteiger charge is 2.28. The average Bonchev–Trinajstić information content (AvgIpc) is 2.81. The monoisotopic (exact) mass is 495 g/mol. The average molecular weight is 496 g/mol. The van der Waals surface area contributed by atoms with Gasteiger partial charge in [0.1, 0.15) is 5.75 Å². The third-order valence-corrected chi connectivity index (χ3v) is 9.01. The summed E-state index contributed by atoms with van der Waals surface area (Å²) in [5.74, 6) is -0.317. The fourth-order valence-corrected chi connectivity index (χ4v) is 6.24. The van der Waals surface area contributed by atoms with E-state index < -0.39 is 32.5 Å². The number of benzene rings is 2. The second-order valence-electron chi connectivity index (χ2n) is 7.68. The molecule has 33 heavy (non-hydrogen) atoms. The largest absolute Gasteiger partial charge is 0.492 e. The highest BCUT2D eigenvalue weighted by molar-refractivity contribution is 7.89. The van der Waals surface area contributed by atoms with Gasteiger partial charge in [0.2, 0.25) is 26.0 Å². The minimum atomic E-state index is -3.85. The Morgan fingerprint density at radius 3 is 2.30 bits per heavy atom. The summed E-state index contributed by atoms with van der Waals surface area (Å²) in [6.45, 7) is 2.54. The number of piperidine rings is 1. The van der Waals surface area contributed by atoms with Crippen molar-refractivity contribution in [3.63, 3.8) is 0 Å². The molecular weight excluding hydrogens is 466 g/mol. The van der Waals surface area contributed by atoms with Gasteiger partial charge < -0.3 is 10.1 Å². The Morgan fingerprint density at radius 2 is 1.67 bits per heavy atom. The number of anilines is 1. The van der Waals surface area contributed by atoms with E-state index in [1.807, 2.05) is 0 Å². The lowest BCUT2D eigenvalue weighted by Crippen LogP contribution is -2.36. The van der Waals surface area contributed by atoms with Crippen LogP contribution in [-0.4, -0.2) is 64.6 Å². The molecule has 0 atom stereocenters. The second kappa shape index (κ2) is 10.6. The molecule has 1 saturated heterocycles. The molecule has 0 aliphatic carbocycles. The van der Waals surface area contributed by atoms with Crippen LogP contribution in [-0.2, 0) is 24.8 Å². The Hall–Kier alpha value is -2.47. The predicted octanol–water partition coefficient (Wildman–Crippen LogP) is 2.52. The highest BCUT2D eigenvalue weighted by Crippen LogP contribution is 2.30. The molecule has 1 aliphatic rings. The van der Waals surface area contributed by atoms with Crippen LogP contribution in [0.2, 0.25) is 0 Å². The number of carbonyl (C=O) groups is 1. The molecule has 0 bridgehead atoms. The SMILES string of the molecule is CCOc1ccc(S(=O)(=O)N2CCCCC2)cc1NC(=O)CN(C)S(=O)(=O)c1ccccc1. The van der Waals surface area contributed by atoms with Gasteiger partial charge in [0.15, 0.2) is 0 Å². The fourth-order valence-electron chi connectivity index (χ4n) is 3.55. The van der Waals surface area contributed by atoms with E-state index in [1.165, 1.54) is 41.7 Å². The van der Waals surface area contributed by atoms with Crippen LogP contribution in [0.1, 0.15) is 26.2 Å². The molecule has 1 amide bonds. The van der Waals surface area contributed by atoms with Crippen molar-refractivity contribution in [3.8, 4) is 5.75 Å². The van der Waals surface area contributed by atoms with Gasteiger partial charge in [0.05, 0.1) is 28.6 Å². The maximum absolute atomic E-state index is 13.0. The zero-order valence-electron chi connectivity index (χ0n) is 18.7. The molecule has 0 spiro atoms. The smallest absolute Gasteiger partial charge is 0.243 e. The summed E-state index contributed by atoms with van der Waals surface area (Å²) in [7, 11) is -6.26. The lowest BCUT2D eigenvalue weighted by Gasteiger charge is -2.26. The normalized spacial score (nSPS) is 15.4. The lowest BCUT2D eigenvalue weighted by atomic mass is 10.2. The number of hydrogen-bond donors (Lipinski definition) is 1. The van der Waals surface area contributed by atoms with Gasteiger partial charge in [0, 0.05) is 20.1 Å². The summed E-state index contributed by atoms with van der Waals surface area (Å²) in [5.41, 5.74) is 0.172. The molecule has 1 heterocycles. The van der Waals surface area contributed by atoms with E-state index in [-0.39, 0.29) is 15.5 Å². The minimum absolute atomic E-state index is 0.0495. The molecule has 0 unspecified atom stereocenters. The van der Waals surface area contributed by atoms with Gasteiger partial charge in [0.25, 0.3) is 0 Å². The third kappa shape index (κ3) is 5.91. The molecule has 0 radical (unpaired) electrons. The predicted molar refractivity (Wildman–Crippen MR) is 125 cm³/mol. The van der Waals surface area contributed by atoms with Gasteiger partial charge in [-0.1, -0.05) is 24.6 Å². The van der Waals surface area contributed by atoms with Crippen molar-refractivity contribution in [2.45, 2.75) is 36.0 Å². The topological polar surface area (TPSA) is 113 Å². The number of ether oxygens (including phenoxy) is 1. The molecule has 2 aromatic carbocycles. The summed E-state index contributed by atoms with van der Waals surface area (Å²) in [6, 6.07) is 12.1. The molecule has 1 N–H and O–H groups in total. The molecular formula is C22H29N3O6S2. The van der Waals surface area contributed by atoms with E-state index in [0.717, 1.165) is 23.6 Å². The Balaban J connectivity index is 1.81. The first-order valence-corrected chi connectivity index (χ1v) is 13.6. The quantitative estimate of drug-likeness (QED) is 0.572. The first kappa shape index (κ1) is 25.2. The molecule has 0 aromatic heterocycles. The Labute approximate surface area is 195 Å². The van der Waals surface area contributed by atoms with Gasteiger partial charge in [-0.25, -0.2) is 16.8 Å². The number of nitrogens with one attached hydrogen (secondary N) is 1. The van der Waals surface area contributed by atoms with Gasteiger partial charge in [-0.2, -0.15) is 8.61 Å². The van der Waals surface area contributed by atoms with E-state index in [1.54, 1.807) is 25.1 Å². The van der Waals surface area contributed by atoms with Crippen LogP contribution in [0.15, 0.2) is 58.3 Å². The first-order chi connectivity index (χ1) is 15.7. The summed E-state index contributed by atoms with van der Waals surface area (Å²) in [6.07, 6.45) is 2.61. The molecule has 9 nitrogen and oxygen atoms in total. The number of nitrogens with zero attached hydrogens (tertiary/aromatic N) is 2. The summed E-state index contributed by atoms with van der Waals surface area (Å²) < 4.78 is 59.4. The number of amides is 1. The van der Waals surface area contributed by atoms with Crippen molar-refractivity contribution < 1.29 is 26.4 Å². The van der Waals surface area contributed by atoms with Crippen LogP contribution in [0.5, 0.6) is 5.75 Å². The lowest BCUT2D eigenvalue weighted by molar-refractivity contribution is -0.116. The van der Waals surface area contributed by atoms with Crippen LogP contribution < -0.4 is 10.1 Å². The molecule has 1 fully saturated rings. The van der Waals surface area contributed by atoms with Crippen LogP contribution in [0, 0.1) is 0 Å². The molecule has 0 saturated carbocycles. The fraction of sp³-hybridized carbons (Fsp3) is 0.409. The molecule has 3 rings (SSSR count). The van der Waals surface area contributed by atoms with Crippen molar-refractivity contribution in [1.82, 2.24) is 8.61 Å². The van der Waals surface area contributed by atoms with Crippen molar-refractivity contribution in [3.05, 3.63) is 48.5 Å². The van der Waals surface area contributed by atoms with Gasteiger partial charge >= 0.3 is 0 Å². The van der Waals surface area contributed by atoms with Crippen molar-refractivity contribution in [2.75, 3.05) is 38.6 Å². The molecule has 1 aliphatic heterocycles. The Kier molecular flexibility index (Phi) is 8.11. The minimum Gasteiger partial charge on any atom is -0.492 e. The first-order valence-electron chi connectivity index (χ1n) is 10.7. The zero-order valence-corrected chi connectivity index (χ0v) is 20.4. The van der Waals surface area contributed by atoms with Gasteiger partial charge in [-0.15, -0.1) is 0 Å². The summed E-state index contributed by atoms with van der Waals surface area (Å²) in [4.78, 5) is 12.8. The molecule has 11 heteroatoms. The van der Waals surface area contributed by atoms with Crippen molar-refractivity contribution in [2.24, 2.45) is 0 Å². The van der Waals surface area contributed by atoms with E-state index in [0.29, 0.717) is 25.4 Å². The standard InChI is InChI=1S/C22H29N3O6S2/c1-3-31-21-13-12-19(33(29,30)25-14-8-5-9-15-25)16-20(21)23-22(26)17-24(2)32(27,28)18-10-6-4-7-11-18/h4,6-7,10-13,16H,3,5,8-9,14-15,17H2,1-2H3,(H,23,26). The van der Waals surface area contributed by atoms with Crippen LogP contribution in [0.4, 0.5) is 5.69 Å². The van der Waals surface area contributed by atoms with E-state index in [2.05, 4.69) is 5.32 Å². The van der Waals surface area contributed by atoms with Crippen LogP contribution in [0.3, 0.4) is 0 Å². The Bertz CT molecular complexity index is 1180. The molecule has 2 aromatic rings. The highest BCUT2D eigenvalue weighted by atomic mass is 32.2. The molecule has 180 valence electrons. The second-order valence-corrected chi connectivity index (χ2v) is 11.7. The summed E-state index contributed by atoms with van der Waals surface area (Å²) >= 11 is 0. The number of sulfonamides is 2. The number of likely N-dealkylation sites (N-methyl/N-ethyl adjacent to an activating group) is 1. The van der Waals surface area contributed by atoms with Crippen molar-refractivity contribution in [1.29, 1.82) is 0 Å². The number of carbonyl (C=O) groups excluding carboxylic acids is 1. The maximum Gasteiger partial charge on any atom is 0.243 e. The maximum atomic E-state index is 13.0. The van der Waals surface area contributed by atoms with Crippen LogP contribution in [0.25, 0.3) is 0 Å². The van der Waals surface area contributed by atoms with E-state index in [4.69, 9.17) is 4.74 Å². The number of rotatable bonds is 9. The van der Waals surface area contributed by atoms with Crippen LogP contribution >= 0.6 is 0 Å². The zero-order chi connectivity index (χ0) is 24.1. The van der Waals surface area contributed by atoms with Gasteiger partial charge in [-0.05, 0) is 50.1 Å². The van der Waals surface area contributed by atoms with E-state index >= 15 is 0 Å².